The van der Waals surface area contributed by atoms with Gasteiger partial charge in [0.05, 0.1) is 5.56 Å². The first-order chi connectivity index (χ1) is 8.11. The lowest BCUT2D eigenvalue weighted by Crippen LogP contribution is -2.45. The Hall–Kier alpha value is -1.62. The minimum atomic E-state index is -0.446. The molecule has 0 radical (unpaired) electrons. The van der Waals surface area contributed by atoms with Crippen molar-refractivity contribution in [3.63, 3.8) is 0 Å². The molecule has 5 heteroatoms. The molecule has 92 valence electrons. The smallest absolute Gasteiger partial charge is 0.252 e. The predicted octanol–water partition coefficient (Wildman–Crippen LogP) is 0.734. The highest BCUT2D eigenvalue weighted by Crippen LogP contribution is 2.24. The summed E-state index contributed by atoms with van der Waals surface area (Å²) in [7, 11) is 0. The van der Waals surface area contributed by atoms with Crippen LogP contribution in [-0.2, 0) is 0 Å². The van der Waals surface area contributed by atoms with E-state index in [2.05, 4.69) is 22.5 Å². The number of primary amides is 1. The van der Waals surface area contributed by atoms with Crippen LogP contribution in [0, 0.1) is 0 Å². The average molecular weight is 234 g/mol. The van der Waals surface area contributed by atoms with E-state index in [1.807, 2.05) is 0 Å². The zero-order valence-electron chi connectivity index (χ0n) is 9.99. The van der Waals surface area contributed by atoms with Crippen molar-refractivity contribution in [2.75, 3.05) is 18.4 Å². The van der Waals surface area contributed by atoms with Crippen molar-refractivity contribution in [1.29, 1.82) is 0 Å². The first-order valence-electron chi connectivity index (χ1n) is 5.84. The van der Waals surface area contributed by atoms with Crippen LogP contribution in [0.15, 0.2) is 18.3 Å². The van der Waals surface area contributed by atoms with Crippen molar-refractivity contribution in [3.8, 4) is 0 Å². The molecule has 1 saturated heterocycles. The fraction of sp³-hybridized carbons (Fsp3) is 0.500. The highest BCUT2D eigenvalue weighted by atomic mass is 16.1. The number of carbonyl (C=O) groups excluding carboxylic acids is 1. The van der Waals surface area contributed by atoms with Gasteiger partial charge >= 0.3 is 0 Å². The summed E-state index contributed by atoms with van der Waals surface area (Å²) >= 11 is 0. The largest absolute Gasteiger partial charge is 0.365 e. The molecule has 1 aromatic heterocycles. The first kappa shape index (κ1) is 11.9. The summed E-state index contributed by atoms with van der Waals surface area (Å²) in [4.78, 5) is 15.5. The van der Waals surface area contributed by atoms with Gasteiger partial charge in [-0.1, -0.05) is 0 Å². The molecule has 0 bridgehead atoms. The van der Waals surface area contributed by atoms with Crippen LogP contribution in [0.25, 0.3) is 0 Å². The Kier molecular flexibility index (Phi) is 3.28. The highest BCUT2D eigenvalue weighted by Gasteiger charge is 2.27. The topological polar surface area (TPSA) is 80.0 Å². The number of hydrogen-bond acceptors (Lipinski definition) is 4. The SMILES string of the molecule is CC1(Nc2ncccc2C(N)=O)CCNCC1. The molecule has 1 amide bonds. The third-order valence-electron chi connectivity index (χ3n) is 3.20. The third-order valence-corrected chi connectivity index (χ3v) is 3.20. The second kappa shape index (κ2) is 4.71. The molecular weight excluding hydrogens is 216 g/mol. The number of anilines is 1. The Bertz CT molecular complexity index is 413. The van der Waals surface area contributed by atoms with E-state index in [0.717, 1.165) is 25.9 Å². The van der Waals surface area contributed by atoms with Crippen LogP contribution in [0.3, 0.4) is 0 Å². The number of hydrogen-bond donors (Lipinski definition) is 3. The minimum absolute atomic E-state index is 0.0240. The lowest BCUT2D eigenvalue weighted by molar-refractivity contribution is 0.100. The van der Waals surface area contributed by atoms with Gasteiger partial charge in [0.1, 0.15) is 5.82 Å². The maximum atomic E-state index is 11.3. The van der Waals surface area contributed by atoms with E-state index in [0.29, 0.717) is 11.4 Å². The second-order valence-electron chi connectivity index (χ2n) is 4.70. The normalized spacial score (nSPS) is 18.6. The van der Waals surface area contributed by atoms with Gasteiger partial charge in [0.25, 0.3) is 5.91 Å². The molecule has 0 spiro atoms. The van der Waals surface area contributed by atoms with Gasteiger partial charge in [-0.05, 0) is 45.0 Å². The molecule has 0 saturated carbocycles. The molecule has 1 aliphatic rings. The van der Waals surface area contributed by atoms with E-state index < -0.39 is 5.91 Å². The molecule has 0 aliphatic carbocycles. The number of nitrogens with one attached hydrogen (secondary N) is 2. The lowest BCUT2D eigenvalue weighted by Gasteiger charge is -2.35. The lowest BCUT2D eigenvalue weighted by atomic mass is 9.90. The van der Waals surface area contributed by atoms with Crippen LogP contribution >= 0.6 is 0 Å². The number of pyridine rings is 1. The maximum Gasteiger partial charge on any atom is 0.252 e. The van der Waals surface area contributed by atoms with E-state index in [-0.39, 0.29) is 5.54 Å². The van der Waals surface area contributed by atoms with Gasteiger partial charge < -0.3 is 16.4 Å². The van der Waals surface area contributed by atoms with Crippen molar-refractivity contribution in [3.05, 3.63) is 23.9 Å². The number of amides is 1. The summed E-state index contributed by atoms with van der Waals surface area (Å²) in [5.41, 5.74) is 5.76. The molecule has 17 heavy (non-hydrogen) atoms. The van der Waals surface area contributed by atoms with E-state index in [1.54, 1.807) is 18.3 Å². The Balaban J connectivity index is 2.20. The number of carbonyl (C=O) groups is 1. The fourth-order valence-corrected chi connectivity index (χ4v) is 2.09. The molecule has 0 unspecified atom stereocenters. The molecule has 2 heterocycles. The van der Waals surface area contributed by atoms with Gasteiger partial charge in [0.15, 0.2) is 0 Å². The Morgan fingerprint density at radius 3 is 2.88 bits per heavy atom. The van der Waals surface area contributed by atoms with Crippen molar-refractivity contribution in [2.24, 2.45) is 5.73 Å². The van der Waals surface area contributed by atoms with Gasteiger partial charge in [0, 0.05) is 11.7 Å². The molecule has 4 N–H and O–H groups in total. The van der Waals surface area contributed by atoms with Crippen LogP contribution in [0.2, 0.25) is 0 Å². The van der Waals surface area contributed by atoms with E-state index >= 15 is 0 Å². The fourth-order valence-electron chi connectivity index (χ4n) is 2.09. The summed E-state index contributed by atoms with van der Waals surface area (Å²) in [6.07, 6.45) is 3.67. The molecular formula is C12H18N4O. The first-order valence-corrected chi connectivity index (χ1v) is 5.84. The summed E-state index contributed by atoms with van der Waals surface area (Å²) in [5.74, 6) is 0.141. The van der Waals surface area contributed by atoms with Crippen LogP contribution < -0.4 is 16.4 Å². The van der Waals surface area contributed by atoms with E-state index in [4.69, 9.17) is 5.73 Å². The Morgan fingerprint density at radius 1 is 1.53 bits per heavy atom. The molecule has 2 rings (SSSR count). The monoisotopic (exact) mass is 234 g/mol. The van der Waals surface area contributed by atoms with Crippen LogP contribution in [0.1, 0.15) is 30.1 Å². The zero-order chi connectivity index (χ0) is 12.3. The summed E-state index contributed by atoms with van der Waals surface area (Å²) in [5, 5.41) is 6.67. The number of piperidine rings is 1. The minimum Gasteiger partial charge on any atom is -0.365 e. The predicted molar refractivity (Wildman–Crippen MR) is 66.9 cm³/mol. The van der Waals surface area contributed by atoms with Gasteiger partial charge in [0.2, 0.25) is 0 Å². The van der Waals surface area contributed by atoms with Gasteiger partial charge in [-0.2, -0.15) is 0 Å². The number of nitrogens with zero attached hydrogens (tertiary/aromatic N) is 1. The van der Waals surface area contributed by atoms with E-state index in [9.17, 15) is 4.79 Å². The molecule has 1 aliphatic heterocycles. The van der Waals surface area contributed by atoms with Crippen molar-refractivity contribution in [2.45, 2.75) is 25.3 Å². The molecule has 0 atom stereocenters. The van der Waals surface area contributed by atoms with E-state index in [1.165, 1.54) is 0 Å². The molecule has 1 aromatic rings. The van der Waals surface area contributed by atoms with Crippen molar-refractivity contribution < 1.29 is 4.79 Å². The van der Waals surface area contributed by atoms with Gasteiger partial charge in [-0.3, -0.25) is 4.79 Å². The summed E-state index contributed by atoms with van der Waals surface area (Å²) in [6.45, 7) is 4.10. The maximum absolute atomic E-state index is 11.3. The van der Waals surface area contributed by atoms with Gasteiger partial charge in [-0.25, -0.2) is 4.98 Å². The summed E-state index contributed by atoms with van der Waals surface area (Å²) in [6, 6.07) is 3.41. The standard InChI is InChI=1S/C12H18N4O/c1-12(4-7-14-8-5-12)16-11-9(10(13)17)3-2-6-15-11/h2-3,6,14H,4-5,7-8H2,1H3,(H2,13,17)(H,15,16). The molecule has 0 aromatic carbocycles. The Morgan fingerprint density at radius 2 is 2.24 bits per heavy atom. The zero-order valence-corrected chi connectivity index (χ0v) is 9.99. The summed E-state index contributed by atoms with van der Waals surface area (Å²) < 4.78 is 0. The van der Waals surface area contributed by atoms with Crippen molar-refractivity contribution in [1.82, 2.24) is 10.3 Å². The number of nitrogens with two attached hydrogens (primary N) is 1. The van der Waals surface area contributed by atoms with Crippen molar-refractivity contribution >= 4 is 11.7 Å². The third kappa shape index (κ3) is 2.74. The average Bonchev–Trinajstić information content (AvgIpc) is 2.29. The van der Waals surface area contributed by atoms with Crippen LogP contribution in [0.4, 0.5) is 5.82 Å². The quantitative estimate of drug-likeness (QED) is 0.720. The second-order valence-corrected chi connectivity index (χ2v) is 4.70. The van der Waals surface area contributed by atoms with Gasteiger partial charge in [-0.15, -0.1) is 0 Å². The van der Waals surface area contributed by atoms with Crippen LogP contribution in [-0.4, -0.2) is 29.5 Å². The number of rotatable bonds is 3. The Labute approximate surface area is 101 Å². The molecule has 1 fully saturated rings. The highest BCUT2D eigenvalue weighted by molar-refractivity contribution is 5.97. The molecule has 5 nitrogen and oxygen atoms in total. The van der Waals surface area contributed by atoms with Crippen LogP contribution in [0.5, 0.6) is 0 Å². The number of aromatic nitrogens is 1.